The standard InChI is InChI=1S/C12H20N4/c1-7(6-10-4-5-10)14-12-8(2)11(13)15-9(3)16-12/h7,10H,4-6H2,1-3H3,(H3,13,14,15,16). The number of nitrogens with two attached hydrogens (primary N) is 1. The first kappa shape index (κ1) is 11.2. The molecule has 0 spiro atoms. The summed E-state index contributed by atoms with van der Waals surface area (Å²) in [5, 5.41) is 3.43. The van der Waals surface area contributed by atoms with Crippen LogP contribution in [0, 0.1) is 19.8 Å². The molecule has 1 aliphatic carbocycles. The van der Waals surface area contributed by atoms with Gasteiger partial charge in [0.15, 0.2) is 0 Å². The normalized spacial score (nSPS) is 17.2. The van der Waals surface area contributed by atoms with Crippen molar-refractivity contribution in [2.24, 2.45) is 5.92 Å². The summed E-state index contributed by atoms with van der Waals surface area (Å²) in [6.45, 7) is 6.03. The lowest BCUT2D eigenvalue weighted by Gasteiger charge is -2.16. The number of aryl methyl sites for hydroxylation is 1. The van der Waals surface area contributed by atoms with Crippen LogP contribution >= 0.6 is 0 Å². The lowest BCUT2D eigenvalue weighted by Crippen LogP contribution is -2.18. The van der Waals surface area contributed by atoms with Crippen LogP contribution < -0.4 is 11.1 Å². The molecule has 1 aliphatic rings. The van der Waals surface area contributed by atoms with Crippen LogP contribution in [0.15, 0.2) is 0 Å². The van der Waals surface area contributed by atoms with Gasteiger partial charge in [0.25, 0.3) is 0 Å². The highest BCUT2D eigenvalue weighted by atomic mass is 15.1. The van der Waals surface area contributed by atoms with Gasteiger partial charge in [-0.05, 0) is 33.1 Å². The van der Waals surface area contributed by atoms with Gasteiger partial charge in [-0.15, -0.1) is 0 Å². The fourth-order valence-corrected chi connectivity index (χ4v) is 1.94. The molecule has 3 N–H and O–H groups in total. The molecular formula is C12H20N4. The van der Waals surface area contributed by atoms with Crippen molar-refractivity contribution < 1.29 is 0 Å². The van der Waals surface area contributed by atoms with E-state index < -0.39 is 0 Å². The van der Waals surface area contributed by atoms with Crippen LogP contribution in [0.1, 0.15) is 37.6 Å². The first-order valence-corrected chi connectivity index (χ1v) is 5.93. The van der Waals surface area contributed by atoms with Gasteiger partial charge in [0, 0.05) is 11.6 Å². The molecule has 1 aromatic rings. The molecule has 0 radical (unpaired) electrons. The van der Waals surface area contributed by atoms with E-state index in [1.807, 2.05) is 13.8 Å². The molecule has 1 heterocycles. The fourth-order valence-electron chi connectivity index (χ4n) is 1.94. The number of aromatic nitrogens is 2. The van der Waals surface area contributed by atoms with Crippen molar-refractivity contribution in [1.29, 1.82) is 0 Å². The number of rotatable bonds is 4. The molecule has 0 amide bonds. The Hall–Kier alpha value is -1.32. The average molecular weight is 220 g/mol. The van der Waals surface area contributed by atoms with E-state index in [1.54, 1.807) is 0 Å². The van der Waals surface area contributed by atoms with Crippen LogP contribution in [-0.4, -0.2) is 16.0 Å². The molecule has 1 atom stereocenters. The van der Waals surface area contributed by atoms with Crippen LogP contribution in [0.2, 0.25) is 0 Å². The molecule has 88 valence electrons. The SMILES string of the molecule is Cc1nc(N)c(C)c(NC(C)CC2CC2)n1. The Morgan fingerprint density at radius 1 is 1.38 bits per heavy atom. The maximum absolute atomic E-state index is 5.82. The molecular weight excluding hydrogens is 200 g/mol. The summed E-state index contributed by atoms with van der Waals surface area (Å²) in [5.41, 5.74) is 6.77. The van der Waals surface area contributed by atoms with Crippen molar-refractivity contribution in [3.05, 3.63) is 11.4 Å². The van der Waals surface area contributed by atoms with Gasteiger partial charge in [-0.2, -0.15) is 0 Å². The smallest absolute Gasteiger partial charge is 0.134 e. The topological polar surface area (TPSA) is 63.8 Å². The van der Waals surface area contributed by atoms with Gasteiger partial charge in [0.05, 0.1) is 0 Å². The van der Waals surface area contributed by atoms with E-state index in [1.165, 1.54) is 19.3 Å². The highest BCUT2D eigenvalue weighted by molar-refractivity contribution is 5.55. The molecule has 4 heteroatoms. The molecule has 0 aromatic carbocycles. The first-order chi connectivity index (χ1) is 7.56. The largest absolute Gasteiger partial charge is 0.383 e. The Kier molecular flexibility index (Phi) is 2.99. The summed E-state index contributed by atoms with van der Waals surface area (Å²) >= 11 is 0. The van der Waals surface area contributed by atoms with Gasteiger partial charge in [0.1, 0.15) is 17.5 Å². The first-order valence-electron chi connectivity index (χ1n) is 5.93. The molecule has 0 aliphatic heterocycles. The van der Waals surface area contributed by atoms with Crippen LogP contribution in [0.3, 0.4) is 0 Å². The van der Waals surface area contributed by atoms with Crippen molar-refractivity contribution in [3.63, 3.8) is 0 Å². The second kappa shape index (κ2) is 4.28. The molecule has 1 aromatic heterocycles. The van der Waals surface area contributed by atoms with Crippen molar-refractivity contribution in [3.8, 4) is 0 Å². The number of nitrogen functional groups attached to an aromatic ring is 1. The highest BCUT2D eigenvalue weighted by Gasteiger charge is 2.23. The molecule has 0 saturated heterocycles. The van der Waals surface area contributed by atoms with Crippen LogP contribution in [0.4, 0.5) is 11.6 Å². The van der Waals surface area contributed by atoms with Gasteiger partial charge in [-0.25, -0.2) is 9.97 Å². The average Bonchev–Trinajstić information content (AvgIpc) is 2.97. The molecule has 0 bridgehead atoms. The number of hydrogen-bond donors (Lipinski definition) is 2. The van der Waals surface area contributed by atoms with E-state index in [0.717, 1.165) is 23.1 Å². The molecule has 4 nitrogen and oxygen atoms in total. The van der Waals surface area contributed by atoms with Crippen molar-refractivity contribution in [2.75, 3.05) is 11.1 Å². The summed E-state index contributed by atoms with van der Waals surface area (Å²) in [6.07, 6.45) is 3.99. The fraction of sp³-hybridized carbons (Fsp3) is 0.667. The summed E-state index contributed by atoms with van der Waals surface area (Å²) < 4.78 is 0. The minimum Gasteiger partial charge on any atom is -0.383 e. The van der Waals surface area contributed by atoms with Crippen LogP contribution in [0.5, 0.6) is 0 Å². The minimum absolute atomic E-state index is 0.458. The van der Waals surface area contributed by atoms with Gasteiger partial charge in [0.2, 0.25) is 0 Å². The van der Waals surface area contributed by atoms with Gasteiger partial charge < -0.3 is 11.1 Å². The van der Waals surface area contributed by atoms with Gasteiger partial charge in [-0.1, -0.05) is 12.8 Å². The predicted molar refractivity (Wildman–Crippen MR) is 66.3 cm³/mol. The summed E-state index contributed by atoms with van der Waals surface area (Å²) in [6, 6.07) is 0.458. The Morgan fingerprint density at radius 3 is 2.69 bits per heavy atom. The number of hydrogen-bond acceptors (Lipinski definition) is 4. The van der Waals surface area contributed by atoms with Crippen molar-refractivity contribution >= 4 is 11.6 Å². The second-order valence-electron chi connectivity index (χ2n) is 4.85. The monoisotopic (exact) mass is 220 g/mol. The third kappa shape index (κ3) is 2.62. The lowest BCUT2D eigenvalue weighted by molar-refractivity contribution is 0.639. The second-order valence-corrected chi connectivity index (χ2v) is 4.85. The Balaban J connectivity index is 2.07. The molecule has 2 rings (SSSR count). The summed E-state index contributed by atoms with van der Waals surface area (Å²) in [7, 11) is 0. The molecule has 1 fully saturated rings. The predicted octanol–water partition coefficient (Wildman–Crippen LogP) is 2.28. The summed E-state index contributed by atoms with van der Waals surface area (Å²) in [4.78, 5) is 8.54. The van der Waals surface area contributed by atoms with Crippen LogP contribution in [0.25, 0.3) is 0 Å². The zero-order valence-electron chi connectivity index (χ0n) is 10.2. The van der Waals surface area contributed by atoms with Crippen LogP contribution in [-0.2, 0) is 0 Å². The quantitative estimate of drug-likeness (QED) is 0.817. The lowest BCUT2D eigenvalue weighted by atomic mass is 10.1. The van der Waals surface area contributed by atoms with E-state index >= 15 is 0 Å². The van der Waals surface area contributed by atoms with E-state index in [2.05, 4.69) is 22.2 Å². The third-order valence-electron chi connectivity index (χ3n) is 3.06. The Bertz CT molecular complexity index is 385. The van der Waals surface area contributed by atoms with Gasteiger partial charge >= 0.3 is 0 Å². The van der Waals surface area contributed by atoms with Crippen molar-refractivity contribution in [1.82, 2.24) is 9.97 Å². The maximum atomic E-state index is 5.82. The zero-order chi connectivity index (χ0) is 11.7. The van der Waals surface area contributed by atoms with E-state index in [4.69, 9.17) is 5.73 Å². The molecule has 1 saturated carbocycles. The third-order valence-corrected chi connectivity index (χ3v) is 3.06. The number of anilines is 2. The number of nitrogens with zero attached hydrogens (tertiary/aromatic N) is 2. The van der Waals surface area contributed by atoms with E-state index in [9.17, 15) is 0 Å². The van der Waals surface area contributed by atoms with Gasteiger partial charge in [-0.3, -0.25) is 0 Å². The highest BCUT2D eigenvalue weighted by Crippen LogP contribution is 2.34. The maximum Gasteiger partial charge on any atom is 0.134 e. The van der Waals surface area contributed by atoms with E-state index in [-0.39, 0.29) is 0 Å². The molecule has 1 unspecified atom stereocenters. The Labute approximate surface area is 96.7 Å². The molecule has 16 heavy (non-hydrogen) atoms. The zero-order valence-corrected chi connectivity index (χ0v) is 10.2. The van der Waals surface area contributed by atoms with Crippen molar-refractivity contribution in [2.45, 2.75) is 46.1 Å². The summed E-state index contributed by atoms with van der Waals surface area (Å²) in [5.74, 6) is 3.11. The minimum atomic E-state index is 0.458. The Morgan fingerprint density at radius 2 is 2.06 bits per heavy atom. The van der Waals surface area contributed by atoms with E-state index in [0.29, 0.717) is 11.9 Å². The number of nitrogens with one attached hydrogen (secondary N) is 1.